The lowest BCUT2D eigenvalue weighted by molar-refractivity contribution is -0.301. The van der Waals surface area contributed by atoms with Crippen molar-refractivity contribution in [3.8, 4) is 0 Å². The molecule has 2 heterocycles. The second-order valence-electron chi connectivity index (χ2n) is 8.54. The highest BCUT2D eigenvalue weighted by Gasteiger charge is 2.63. The van der Waals surface area contributed by atoms with Crippen molar-refractivity contribution in [2.24, 2.45) is 0 Å². The standard InChI is InChI=1S/C22H20F3N3O11S/c1-9(29)39-8-12-13(6-10-2-4-11(5-3-10)17(32)26-7-14(30)31)40(37,38)19-15(27-21(36)22(23,24)25)18(33)28(19)16(12)20(34)35/h2-5,13,15,19H,6-8H2,1H3,(H,26,32)(H,27,36)(H,30,31)(H,34,35)/p-1/t13?,15-,19+/m0/s1. The zero-order valence-corrected chi connectivity index (χ0v) is 21.0. The fraction of sp³-hybridized carbons (Fsp3) is 0.364. The van der Waals surface area contributed by atoms with Gasteiger partial charge in [-0.2, -0.15) is 13.2 Å². The lowest BCUT2D eigenvalue weighted by atomic mass is 9.97. The van der Waals surface area contributed by atoms with Gasteiger partial charge in [-0.15, -0.1) is 0 Å². The van der Waals surface area contributed by atoms with E-state index < -0.39 is 99.2 Å². The van der Waals surface area contributed by atoms with Crippen LogP contribution in [-0.2, 0) is 45.0 Å². The Morgan fingerprint density at radius 2 is 1.73 bits per heavy atom. The number of carbonyl (C=O) groups is 6. The van der Waals surface area contributed by atoms with Crippen LogP contribution in [0.15, 0.2) is 35.5 Å². The second kappa shape index (κ2) is 10.9. The summed E-state index contributed by atoms with van der Waals surface area (Å²) in [6, 6.07) is 2.61. The van der Waals surface area contributed by atoms with Crippen LogP contribution in [-0.4, -0.2) is 90.0 Å². The largest absolute Gasteiger partial charge is 0.543 e. The summed E-state index contributed by atoms with van der Waals surface area (Å²) >= 11 is 0. The smallest absolute Gasteiger partial charge is 0.471 e. The van der Waals surface area contributed by atoms with Crippen LogP contribution in [0.1, 0.15) is 22.8 Å². The number of hydrogen-bond acceptors (Lipinski definition) is 10. The maximum Gasteiger partial charge on any atom is 0.471 e. The Bertz CT molecular complexity index is 1420. The number of carboxylic acid groups (broad SMARTS) is 2. The molecule has 14 nitrogen and oxygen atoms in total. The van der Waals surface area contributed by atoms with E-state index in [0.29, 0.717) is 0 Å². The number of carboxylic acids is 2. The number of nitrogens with one attached hydrogen (secondary N) is 2. The first-order valence-corrected chi connectivity index (χ1v) is 12.7. The number of rotatable bonds is 9. The van der Waals surface area contributed by atoms with Crippen molar-refractivity contribution >= 4 is 45.5 Å². The number of alkyl halides is 3. The van der Waals surface area contributed by atoms with Gasteiger partial charge in [-0.25, -0.2) is 8.42 Å². The summed E-state index contributed by atoms with van der Waals surface area (Å²) in [5, 5.41) is 19.9. The van der Waals surface area contributed by atoms with Crippen LogP contribution >= 0.6 is 0 Å². The van der Waals surface area contributed by atoms with E-state index in [-0.39, 0.29) is 16.0 Å². The fourth-order valence-corrected chi connectivity index (χ4v) is 6.55. The third-order valence-corrected chi connectivity index (χ3v) is 8.32. The highest BCUT2D eigenvalue weighted by Crippen LogP contribution is 2.41. The van der Waals surface area contributed by atoms with E-state index in [2.05, 4.69) is 5.32 Å². The Kier molecular flexibility index (Phi) is 8.23. The number of hydrogen-bond donors (Lipinski definition) is 3. The van der Waals surface area contributed by atoms with Gasteiger partial charge in [0.05, 0.1) is 16.9 Å². The SMILES string of the molecule is CC(=O)OCC1=C(C(=O)[O-])N2C(=O)[C@H](NC(=O)C(F)(F)F)[C@H]2S(=O)(=O)C1Cc1ccc(C(=O)NCC(=O)O)cc1. The number of fused-ring (bicyclic) bond motifs is 1. The molecule has 3 amide bonds. The van der Waals surface area contributed by atoms with E-state index in [1.165, 1.54) is 29.6 Å². The monoisotopic (exact) mass is 590 g/mol. The number of nitrogens with zero attached hydrogens (tertiary/aromatic N) is 1. The number of aliphatic carboxylic acids is 2. The Hall–Kier alpha value is -4.48. The first-order valence-electron chi connectivity index (χ1n) is 11.1. The predicted molar refractivity (Wildman–Crippen MR) is 120 cm³/mol. The summed E-state index contributed by atoms with van der Waals surface area (Å²) in [4.78, 5) is 70.3. The van der Waals surface area contributed by atoms with Crippen LogP contribution in [0.2, 0.25) is 0 Å². The summed E-state index contributed by atoms with van der Waals surface area (Å²) in [5.41, 5.74) is -1.52. The van der Waals surface area contributed by atoms with Gasteiger partial charge in [0.25, 0.3) is 11.8 Å². The second-order valence-corrected chi connectivity index (χ2v) is 10.8. The highest BCUT2D eigenvalue weighted by atomic mass is 32.2. The fourth-order valence-electron chi connectivity index (χ4n) is 4.14. The summed E-state index contributed by atoms with van der Waals surface area (Å²) in [5.74, 6) is -9.23. The van der Waals surface area contributed by atoms with E-state index in [1.54, 1.807) is 0 Å². The average molecular weight is 590 g/mol. The Labute approximate surface area is 222 Å². The molecule has 40 heavy (non-hydrogen) atoms. The molecule has 1 saturated heterocycles. The third kappa shape index (κ3) is 5.90. The van der Waals surface area contributed by atoms with Crippen molar-refractivity contribution in [2.75, 3.05) is 13.2 Å². The number of carbonyl (C=O) groups excluding carboxylic acids is 5. The van der Waals surface area contributed by atoms with E-state index in [1.807, 2.05) is 0 Å². The van der Waals surface area contributed by atoms with E-state index >= 15 is 0 Å². The molecule has 216 valence electrons. The van der Waals surface area contributed by atoms with Crippen LogP contribution in [0, 0.1) is 0 Å². The molecule has 2 aliphatic rings. The van der Waals surface area contributed by atoms with Crippen molar-refractivity contribution < 1.29 is 65.3 Å². The van der Waals surface area contributed by atoms with Crippen LogP contribution < -0.4 is 15.7 Å². The van der Waals surface area contributed by atoms with E-state index in [0.717, 1.165) is 6.92 Å². The van der Waals surface area contributed by atoms with Gasteiger partial charge in [0.1, 0.15) is 19.2 Å². The maximum atomic E-state index is 13.6. The van der Waals surface area contributed by atoms with Crippen LogP contribution in [0.5, 0.6) is 0 Å². The van der Waals surface area contributed by atoms with E-state index in [9.17, 15) is 55.5 Å². The summed E-state index contributed by atoms with van der Waals surface area (Å²) < 4.78 is 70.3. The molecular weight excluding hydrogens is 571 g/mol. The molecule has 0 saturated carbocycles. The number of sulfone groups is 1. The van der Waals surface area contributed by atoms with Crippen LogP contribution in [0.4, 0.5) is 13.2 Å². The molecule has 1 aromatic carbocycles. The van der Waals surface area contributed by atoms with Gasteiger partial charge in [-0.05, 0) is 24.1 Å². The van der Waals surface area contributed by atoms with Crippen LogP contribution in [0.3, 0.4) is 0 Å². The number of esters is 1. The molecule has 0 bridgehead atoms. The minimum atomic E-state index is -5.48. The molecule has 3 rings (SSSR count). The molecule has 3 atom stereocenters. The molecule has 1 fully saturated rings. The van der Waals surface area contributed by atoms with Crippen molar-refractivity contribution in [3.63, 3.8) is 0 Å². The molecule has 0 aromatic heterocycles. The minimum absolute atomic E-state index is 0.0201. The molecule has 3 N–H and O–H groups in total. The molecule has 2 aliphatic heterocycles. The molecular formula is C22H19F3N3O11S-. The zero-order valence-electron chi connectivity index (χ0n) is 20.2. The van der Waals surface area contributed by atoms with Gasteiger partial charge in [0.15, 0.2) is 15.2 Å². The highest BCUT2D eigenvalue weighted by molar-refractivity contribution is 7.93. The quantitative estimate of drug-likeness (QED) is 0.204. The third-order valence-electron chi connectivity index (χ3n) is 5.92. The van der Waals surface area contributed by atoms with Crippen molar-refractivity contribution in [1.82, 2.24) is 15.5 Å². The first-order chi connectivity index (χ1) is 18.5. The summed E-state index contributed by atoms with van der Waals surface area (Å²) in [7, 11) is -4.81. The zero-order chi connectivity index (χ0) is 30.2. The molecule has 1 aromatic rings. The number of halogens is 3. The Morgan fingerprint density at radius 1 is 1.12 bits per heavy atom. The van der Waals surface area contributed by atoms with Gasteiger partial charge in [-0.1, -0.05) is 12.1 Å². The lowest BCUT2D eigenvalue weighted by Gasteiger charge is -2.52. The van der Waals surface area contributed by atoms with Crippen molar-refractivity contribution in [2.45, 2.75) is 36.2 Å². The number of amides is 3. The molecule has 1 unspecified atom stereocenters. The minimum Gasteiger partial charge on any atom is -0.543 e. The molecule has 0 spiro atoms. The molecule has 0 radical (unpaired) electrons. The van der Waals surface area contributed by atoms with Crippen LogP contribution in [0.25, 0.3) is 0 Å². The van der Waals surface area contributed by atoms with Gasteiger partial charge >= 0.3 is 24.0 Å². The first kappa shape index (κ1) is 30.1. The molecule has 0 aliphatic carbocycles. The predicted octanol–water partition coefficient (Wildman–Crippen LogP) is -2.38. The van der Waals surface area contributed by atoms with Gasteiger partial charge < -0.3 is 30.4 Å². The van der Waals surface area contributed by atoms with Gasteiger partial charge in [0, 0.05) is 18.1 Å². The summed E-state index contributed by atoms with van der Waals surface area (Å²) in [6.45, 7) is -0.686. The number of benzene rings is 1. The van der Waals surface area contributed by atoms with E-state index in [4.69, 9.17) is 9.84 Å². The maximum absolute atomic E-state index is 13.6. The summed E-state index contributed by atoms with van der Waals surface area (Å²) in [6.07, 6.45) is -6.05. The van der Waals surface area contributed by atoms with Gasteiger partial charge in [-0.3, -0.25) is 28.9 Å². The number of ether oxygens (including phenoxy) is 1. The number of β-lactam (4-membered cyclic amide) rings is 1. The lowest BCUT2D eigenvalue weighted by Crippen LogP contribution is -2.77. The van der Waals surface area contributed by atoms with Crippen molar-refractivity contribution in [1.29, 1.82) is 0 Å². The average Bonchev–Trinajstić information content (AvgIpc) is 2.85. The Balaban J connectivity index is 2.03. The molecule has 18 heteroatoms. The topological polar surface area (TPSA) is 216 Å². The van der Waals surface area contributed by atoms with Crippen molar-refractivity contribution in [3.05, 3.63) is 46.7 Å². The normalized spacial score (nSPS) is 21.6. The van der Waals surface area contributed by atoms with Gasteiger partial charge in [0.2, 0.25) is 0 Å². The Morgan fingerprint density at radius 3 is 2.23 bits per heavy atom.